The zero-order valence-corrected chi connectivity index (χ0v) is 13.4. The van der Waals surface area contributed by atoms with Gasteiger partial charge in [-0.3, -0.25) is 10.1 Å². The van der Waals surface area contributed by atoms with Crippen LogP contribution in [0.5, 0.6) is 0 Å². The molecule has 0 aliphatic carbocycles. The maximum atomic E-state index is 12.4. The van der Waals surface area contributed by atoms with Crippen LogP contribution in [0.4, 0.5) is 5.69 Å². The standard InChI is InChI=1S/C14H21N3O4S/c1-2-9-16-10-7-12(8-11-16)15-22(20,21)14-6-4-3-5-13(14)17(18)19/h3-6,12,15H,2,7-11H2,1H3. The summed E-state index contributed by atoms with van der Waals surface area (Å²) in [4.78, 5) is 12.3. The third kappa shape index (κ3) is 4.02. The van der Waals surface area contributed by atoms with Crippen LogP contribution >= 0.6 is 0 Å². The van der Waals surface area contributed by atoms with Gasteiger partial charge in [-0.15, -0.1) is 0 Å². The van der Waals surface area contributed by atoms with Gasteiger partial charge in [-0.25, -0.2) is 13.1 Å². The van der Waals surface area contributed by atoms with E-state index in [9.17, 15) is 18.5 Å². The minimum absolute atomic E-state index is 0.169. The van der Waals surface area contributed by atoms with Crippen molar-refractivity contribution in [3.8, 4) is 0 Å². The molecule has 1 aliphatic heterocycles. The molecule has 0 unspecified atom stereocenters. The van der Waals surface area contributed by atoms with E-state index < -0.39 is 20.6 Å². The van der Waals surface area contributed by atoms with Crippen LogP contribution in [0.25, 0.3) is 0 Å². The van der Waals surface area contributed by atoms with Crippen molar-refractivity contribution in [2.45, 2.75) is 37.1 Å². The van der Waals surface area contributed by atoms with E-state index in [2.05, 4.69) is 16.5 Å². The maximum Gasteiger partial charge on any atom is 0.289 e. The van der Waals surface area contributed by atoms with E-state index in [0.717, 1.165) is 38.9 Å². The Morgan fingerprint density at radius 1 is 1.32 bits per heavy atom. The normalized spacial score (nSPS) is 17.5. The number of sulfonamides is 1. The third-order valence-corrected chi connectivity index (χ3v) is 5.37. The van der Waals surface area contributed by atoms with Gasteiger partial charge in [0.25, 0.3) is 5.69 Å². The van der Waals surface area contributed by atoms with E-state index in [4.69, 9.17) is 0 Å². The molecular formula is C14H21N3O4S. The van der Waals surface area contributed by atoms with Crippen LogP contribution in [0.1, 0.15) is 26.2 Å². The molecule has 2 rings (SSSR count). The molecule has 8 heteroatoms. The highest BCUT2D eigenvalue weighted by Crippen LogP contribution is 2.24. The smallest absolute Gasteiger partial charge is 0.289 e. The lowest BCUT2D eigenvalue weighted by Crippen LogP contribution is -2.44. The van der Waals surface area contributed by atoms with Crippen LogP contribution in [0.3, 0.4) is 0 Å². The number of likely N-dealkylation sites (tertiary alicyclic amines) is 1. The lowest BCUT2D eigenvalue weighted by atomic mass is 10.1. The molecule has 1 heterocycles. The molecule has 0 atom stereocenters. The molecule has 1 saturated heterocycles. The molecule has 0 amide bonds. The number of nitrogens with zero attached hydrogens (tertiary/aromatic N) is 2. The fourth-order valence-electron chi connectivity index (χ4n) is 2.71. The second-order valence-electron chi connectivity index (χ2n) is 5.46. The predicted octanol–water partition coefficient (Wildman–Crippen LogP) is 1.75. The van der Waals surface area contributed by atoms with Crippen LogP contribution in [0.15, 0.2) is 29.2 Å². The summed E-state index contributed by atoms with van der Waals surface area (Å²) in [5.74, 6) is 0. The zero-order chi connectivity index (χ0) is 16.2. The summed E-state index contributed by atoms with van der Waals surface area (Å²) >= 11 is 0. The number of hydrogen-bond acceptors (Lipinski definition) is 5. The summed E-state index contributed by atoms with van der Waals surface area (Å²) in [5, 5.41) is 11.0. The van der Waals surface area contributed by atoms with E-state index in [1.54, 1.807) is 0 Å². The molecule has 1 fully saturated rings. The summed E-state index contributed by atoms with van der Waals surface area (Å²) in [6, 6.07) is 5.26. The second-order valence-corrected chi connectivity index (χ2v) is 7.14. The van der Waals surface area contributed by atoms with Crippen LogP contribution < -0.4 is 4.72 Å². The first kappa shape index (κ1) is 16.9. The highest BCUT2D eigenvalue weighted by atomic mass is 32.2. The summed E-state index contributed by atoms with van der Waals surface area (Å²) in [7, 11) is -3.88. The summed E-state index contributed by atoms with van der Waals surface area (Å²) in [5.41, 5.74) is -0.390. The monoisotopic (exact) mass is 327 g/mol. The second kappa shape index (κ2) is 7.17. The molecule has 7 nitrogen and oxygen atoms in total. The number of nitrogens with one attached hydrogen (secondary N) is 1. The van der Waals surface area contributed by atoms with Crippen molar-refractivity contribution in [2.75, 3.05) is 19.6 Å². The lowest BCUT2D eigenvalue weighted by molar-refractivity contribution is -0.387. The summed E-state index contributed by atoms with van der Waals surface area (Å²) < 4.78 is 27.4. The molecule has 0 radical (unpaired) electrons. The predicted molar refractivity (Wildman–Crippen MR) is 83.2 cm³/mol. The molecule has 0 bridgehead atoms. The van der Waals surface area contributed by atoms with Gasteiger partial charge < -0.3 is 4.90 Å². The van der Waals surface area contributed by atoms with E-state index in [-0.39, 0.29) is 10.9 Å². The summed E-state index contributed by atoms with van der Waals surface area (Å²) in [6.45, 7) is 4.82. The summed E-state index contributed by atoms with van der Waals surface area (Å²) in [6.07, 6.45) is 2.52. The van der Waals surface area contributed by atoms with Gasteiger partial charge in [0.1, 0.15) is 0 Å². The molecule has 1 aliphatic rings. The fraction of sp³-hybridized carbons (Fsp3) is 0.571. The van der Waals surface area contributed by atoms with Crippen LogP contribution in [-0.4, -0.2) is 43.9 Å². The minimum atomic E-state index is -3.88. The molecule has 122 valence electrons. The van der Waals surface area contributed by atoms with E-state index >= 15 is 0 Å². The molecular weight excluding hydrogens is 306 g/mol. The SMILES string of the molecule is CCCN1CCC(NS(=O)(=O)c2ccccc2[N+](=O)[O-])CC1. The van der Waals surface area contributed by atoms with Crippen LogP contribution in [-0.2, 0) is 10.0 Å². The van der Waals surface area contributed by atoms with Crippen molar-refractivity contribution in [1.29, 1.82) is 0 Å². The van der Waals surface area contributed by atoms with Crippen molar-refractivity contribution in [2.24, 2.45) is 0 Å². The maximum absolute atomic E-state index is 12.4. The van der Waals surface area contributed by atoms with E-state index in [1.807, 2.05) is 0 Å². The van der Waals surface area contributed by atoms with Gasteiger partial charge in [0.15, 0.2) is 4.90 Å². The van der Waals surface area contributed by atoms with Crippen molar-refractivity contribution in [3.63, 3.8) is 0 Å². The Bertz CT molecular complexity index is 625. The molecule has 0 spiro atoms. The van der Waals surface area contributed by atoms with Crippen molar-refractivity contribution >= 4 is 15.7 Å². The number of hydrogen-bond donors (Lipinski definition) is 1. The van der Waals surface area contributed by atoms with Crippen molar-refractivity contribution in [1.82, 2.24) is 9.62 Å². The number of nitro benzene ring substituents is 1. The first-order valence-electron chi connectivity index (χ1n) is 7.42. The lowest BCUT2D eigenvalue weighted by Gasteiger charge is -2.31. The first-order chi connectivity index (χ1) is 10.4. The van der Waals surface area contributed by atoms with Gasteiger partial charge in [0, 0.05) is 12.1 Å². The Kier molecular flexibility index (Phi) is 5.49. The molecule has 22 heavy (non-hydrogen) atoms. The van der Waals surface area contributed by atoms with Gasteiger partial charge in [-0.1, -0.05) is 19.1 Å². The van der Waals surface area contributed by atoms with Crippen molar-refractivity contribution < 1.29 is 13.3 Å². The number of para-hydroxylation sites is 1. The molecule has 1 aromatic carbocycles. The number of benzene rings is 1. The Labute approximate surface area is 130 Å². The largest absolute Gasteiger partial charge is 0.303 e. The third-order valence-electron chi connectivity index (χ3n) is 3.80. The highest BCUT2D eigenvalue weighted by molar-refractivity contribution is 7.89. The van der Waals surface area contributed by atoms with Gasteiger partial charge in [-0.2, -0.15) is 0 Å². The van der Waals surface area contributed by atoms with Crippen LogP contribution in [0, 0.1) is 10.1 Å². The Hall–Kier alpha value is -1.51. The van der Waals surface area contributed by atoms with Gasteiger partial charge in [-0.05, 0) is 45.0 Å². The zero-order valence-electron chi connectivity index (χ0n) is 12.6. The Morgan fingerprint density at radius 3 is 2.55 bits per heavy atom. The van der Waals surface area contributed by atoms with E-state index in [0.29, 0.717) is 0 Å². The fourth-order valence-corrected chi connectivity index (χ4v) is 4.19. The quantitative estimate of drug-likeness (QED) is 0.635. The van der Waals surface area contributed by atoms with E-state index in [1.165, 1.54) is 24.3 Å². The van der Waals surface area contributed by atoms with Gasteiger partial charge >= 0.3 is 0 Å². The Morgan fingerprint density at radius 2 is 1.95 bits per heavy atom. The van der Waals surface area contributed by atoms with Crippen molar-refractivity contribution in [3.05, 3.63) is 34.4 Å². The highest BCUT2D eigenvalue weighted by Gasteiger charge is 2.29. The molecule has 0 saturated carbocycles. The average Bonchev–Trinajstić information content (AvgIpc) is 2.49. The molecule has 1 N–H and O–H groups in total. The Balaban J connectivity index is 2.08. The number of rotatable bonds is 6. The number of piperidine rings is 1. The number of nitro groups is 1. The average molecular weight is 327 g/mol. The topological polar surface area (TPSA) is 92.6 Å². The first-order valence-corrected chi connectivity index (χ1v) is 8.90. The van der Waals surface area contributed by atoms with Gasteiger partial charge in [0.05, 0.1) is 4.92 Å². The van der Waals surface area contributed by atoms with Crippen LogP contribution in [0.2, 0.25) is 0 Å². The minimum Gasteiger partial charge on any atom is -0.303 e. The van der Waals surface area contributed by atoms with Gasteiger partial charge in [0.2, 0.25) is 10.0 Å². The molecule has 1 aromatic rings. The molecule has 0 aromatic heterocycles.